The first kappa shape index (κ1) is 14.1. The predicted octanol–water partition coefficient (Wildman–Crippen LogP) is 3.79. The van der Waals surface area contributed by atoms with Gasteiger partial charge in [0.15, 0.2) is 5.17 Å². The summed E-state index contributed by atoms with van der Waals surface area (Å²) in [4.78, 5) is 17.4. The van der Waals surface area contributed by atoms with Gasteiger partial charge in [0.2, 0.25) is 0 Å². The largest absolute Gasteiger partial charge is 0.301 e. The highest BCUT2D eigenvalue weighted by molar-refractivity contribution is 14.1. The fourth-order valence-electron chi connectivity index (χ4n) is 2.42. The Kier molecular flexibility index (Phi) is 4.45. The number of nitrogens with one attached hydrogen (secondary N) is 1. The van der Waals surface area contributed by atoms with Crippen LogP contribution in [0.1, 0.15) is 31.2 Å². The van der Waals surface area contributed by atoms with Gasteiger partial charge in [-0.2, -0.15) is 0 Å². The molecule has 0 atom stereocenters. The summed E-state index contributed by atoms with van der Waals surface area (Å²) in [7, 11) is 0. The van der Waals surface area contributed by atoms with E-state index in [1.165, 1.54) is 24.6 Å². The lowest BCUT2D eigenvalue weighted by Gasteiger charge is -2.02. The Morgan fingerprint density at radius 2 is 2.05 bits per heavy atom. The third-order valence-corrected chi connectivity index (χ3v) is 5.37. The number of amides is 1. The van der Waals surface area contributed by atoms with Crippen LogP contribution >= 0.6 is 34.4 Å². The number of amidine groups is 1. The van der Waals surface area contributed by atoms with Crippen molar-refractivity contribution in [1.29, 1.82) is 0 Å². The van der Waals surface area contributed by atoms with Crippen LogP contribution in [0.5, 0.6) is 0 Å². The highest BCUT2D eigenvalue weighted by Crippen LogP contribution is 2.29. The number of benzene rings is 1. The topological polar surface area (TPSA) is 41.5 Å². The molecule has 2 aliphatic rings. The van der Waals surface area contributed by atoms with Gasteiger partial charge in [-0.1, -0.05) is 31.0 Å². The average Bonchev–Trinajstić information content (AvgIpc) is 3.04. The van der Waals surface area contributed by atoms with E-state index >= 15 is 0 Å². The smallest absolute Gasteiger partial charge is 0.264 e. The molecule has 1 aromatic carbocycles. The third-order valence-electron chi connectivity index (χ3n) is 3.47. The van der Waals surface area contributed by atoms with Gasteiger partial charge in [0.05, 0.1) is 10.9 Å². The molecule has 5 heteroatoms. The van der Waals surface area contributed by atoms with Crippen molar-refractivity contribution in [1.82, 2.24) is 5.32 Å². The minimum atomic E-state index is -0.0357. The number of halogens is 1. The molecule has 104 valence electrons. The standard InChI is InChI=1S/C15H15IN2OS/c16-12-8-4-1-5-10(12)9-13-14(19)18-15(20-13)17-11-6-2-3-7-11/h1,4-5,8-9,11H,2-3,6-7H2,(H,17,18,19)/b13-9-. The van der Waals surface area contributed by atoms with Crippen molar-refractivity contribution >= 4 is 51.5 Å². The molecule has 0 unspecified atom stereocenters. The predicted molar refractivity (Wildman–Crippen MR) is 92.6 cm³/mol. The number of carbonyl (C=O) groups excluding carboxylic acids is 1. The second-order valence-electron chi connectivity index (χ2n) is 4.96. The van der Waals surface area contributed by atoms with Crippen LogP contribution in [0.25, 0.3) is 6.08 Å². The van der Waals surface area contributed by atoms with Crippen LogP contribution < -0.4 is 5.32 Å². The molecule has 0 bridgehead atoms. The number of aliphatic imine (C=N–C) groups is 1. The first-order chi connectivity index (χ1) is 9.72. The Morgan fingerprint density at radius 3 is 2.80 bits per heavy atom. The van der Waals surface area contributed by atoms with Crippen LogP contribution in [0.3, 0.4) is 0 Å². The Bertz CT molecular complexity index is 591. The highest BCUT2D eigenvalue weighted by atomic mass is 127. The van der Waals surface area contributed by atoms with Gasteiger partial charge in [-0.15, -0.1) is 0 Å². The summed E-state index contributed by atoms with van der Waals surface area (Å²) >= 11 is 3.74. The molecule has 1 aliphatic carbocycles. The molecule has 1 saturated heterocycles. The fraction of sp³-hybridized carbons (Fsp3) is 0.333. The van der Waals surface area contributed by atoms with Crippen molar-refractivity contribution in [2.45, 2.75) is 31.7 Å². The maximum Gasteiger partial charge on any atom is 0.264 e. The summed E-state index contributed by atoms with van der Waals surface area (Å²) in [6.07, 6.45) is 6.75. The molecule has 2 fully saturated rings. The summed E-state index contributed by atoms with van der Waals surface area (Å²) in [5.74, 6) is -0.0357. The summed E-state index contributed by atoms with van der Waals surface area (Å²) in [6.45, 7) is 0. The van der Waals surface area contributed by atoms with Crippen LogP contribution in [-0.2, 0) is 4.79 Å². The molecule has 1 saturated carbocycles. The first-order valence-electron chi connectivity index (χ1n) is 6.75. The van der Waals surface area contributed by atoms with Gasteiger partial charge in [-0.25, -0.2) is 0 Å². The molecule has 1 heterocycles. The van der Waals surface area contributed by atoms with E-state index in [0.29, 0.717) is 6.04 Å². The van der Waals surface area contributed by atoms with E-state index in [-0.39, 0.29) is 5.91 Å². The minimum absolute atomic E-state index is 0.0357. The Morgan fingerprint density at radius 1 is 1.30 bits per heavy atom. The Hall–Kier alpha value is -0.820. The molecular formula is C15H15IN2OS. The number of rotatable bonds is 2. The summed E-state index contributed by atoms with van der Waals surface area (Å²) in [5.41, 5.74) is 1.08. The van der Waals surface area contributed by atoms with Gasteiger partial charge < -0.3 is 5.32 Å². The molecule has 0 spiro atoms. The monoisotopic (exact) mass is 398 g/mol. The van der Waals surface area contributed by atoms with Crippen molar-refractivity contribution in [3.63, 3.8) is 0 Å². The second-order valence-corrected chi connectivity index (χ2v) is 7.15. The molecule has 0 aromatic heterocycles. The number of nitrogens with zero attached hydrogens (tertiary/aromatic N) is 1. The lowest BCUT2D eigenvalue weighted by Crippen LogP contribution is -2.21. The third kappa shape index (κ3) is 3.25. The van der Waals surface area contributed by atoms with E-state index in [9.17, 15) is 4.79 Å². The lowest BCUT2D eigenvalue weighted by atomic mass is 10.2. The van der Waals surface area contributed by atoms with Crippen LogP contribution in [-0.4, -0.2) is 17.1 Å². The van der Waals surface area contributed by atoms with Gasteiger partial charge in [-0.05, 0) is 64.9 Å². The molecule has 1 amide bonds. The summed E-state index contributed by atoms with van der Waals surface area (Å²) in [5, 5.41) is 3.64. The SMILES string of the molecule is O=C1NC(=NC2CCCC2)S/C1=C\c1ccccc1I. The second kappa shape index (κ2) is 6.30. The molecule has 0 radical (unpaired) electrons. The highest BCUT2D eigenvalue weighted by Gasteiger charge is 2.25. The van der Waals surface area contributed by atoms with E-state index in [0.717, 1.165) is 32.0 Å². The number of carbonyl (C=O) groups is 1. The van der Waals surface area contributed by atoms with Crippen molar-refractivity contribution in [3.8, 4) is 0 Å². The van der Waals surface area contributed by atoms with E-state index in [2.05, 4.69) is 32.9 Å². The van der Waals surface area contributed by atoms with E-state index in [4.69, 9.17) is 0 Å². The number of hydrogen-bond donors (Lipinski definition) is 1. The van der Waals surface area contributed by atoms with Crippen LogP contribution in [0.2, 0.25) is 0 Å². The van der Waals surface area contributed by atoms with E-state index in [1.54, 1.807) is 0 Å². The maximum absolute atomic E-state index is 12.0. The Labute approximate surface area is 136 Å². The maximum atomic E-state index is 12.0. The lowest BCUT2D eigenvalue weighted by molar-refractivity contribution is -0.115. The molecule has 3 nitrogen and oxygen atoms in total. The number of hydrogen-bond acceptors (Lipinski definition) is 3. The van der Waals surface area contributed by atoms with Gasteiger partial charge in [0.25, 0.3) is 5.91 Å². The van der Waals surface area contributed by atoms with Gasteiger partial charge >= 0.3 is 0 Å². The molecular weight excluding hydrogens is 383 g/mol. The molecule has 1 aromatic rings. The zero-order valence-corrected chi connectivity index (χ0v) is 13.9. The number of thioether (sulfide) groups is 1. The van der Waals surface area contributed by atoms with Crippen molar-refractivity contribution in [2.24, 2.45) is 4.99 Å². The first-order valence-corrected chi connectivity index (χ1v) is 8.65. The fourth-order valence-corrected chi connectivity index (χ4v) is 3.85. The molecule has 1 N–H and O–H groups in total. The molecule has 1 aliphatic heterocycles. The van der Waals surface area contributed by atoms with E-state index < -0.39 is 0 Å². The van der Waals surface area contributed by atoms with Crippen LogP contribution in [0.4, 0.5) is 0 Å². The van der Waals surface area contributed by atoms with Gasteiger partial charge in [0.1, 0.15) is 0 Å². The van der Waals surface area contributed by atoms with Crippen molar-refractivity contribution in [2.75, 3.05) is 0 Å². The van der Waals surface area contributed by atoms with Gasteiger partial charge in [-0.3, -0.25) is 9.79 Å². The zero-order chi connectivity index (χ0) is 13.9. The molecule has 3 rings (SSSR count). The normalized spacial score (nSPS) is 23.8. The average molecular weight is 398 g/mol. The van der Waals surface area contributed by atoms with E-state index in [1.807, 2.05) is 30.3 Å². The van der Waals surface area contributed by atoms with Crippen molar-refractivity contribution in [3.05, 3.63) is 38.3 Å². The quantitative estimate of drug-likeness (QED) is 0.609. The summed E-state index contributed by atoms with van der Waals surface area (Å²) in [6, 6.07) is 8.44. The van der Waals surface area contributed by atoms with Crippen LogP contribution in [0, 0.1) is 3.57 Å². The van der Waals surface area contributed by atoms with Crippen molar-refractivity contribution < 1.29 is 4.79 Å². The van der Waals surface area contributed by atoms with Gasteiger partial charge in [0, 0.05) is 3.57 Å². The summed E-state index contributed by atoms with van der Waals surface area (Å²) < 4.78 is 1.15. The van der Waals surface area contributed by atoms with Crippen LogP contribution in [0.15, 0.2) is 34.2 Å². The molecule has 20 heavy (non-hydrogen) atoms. The minimum Gasteiger partial charge on any atom is -0.301 e. The zero-order valence-electron chi connectivity index (χ0n) is 10.9. The Balaban J connectivity index is 1.78.